The van der Waals surface area contributed by atoms with Gasteiger partial charge in [-0.15, -0.1) is 0 Å². The van der Waals surface area contributed by atoms with E-state index < -0.39 is 0 Å². The third-order valence-electron chi connectivity index (χ3n) is 1.82. The fourth-order valence-electron chi connectivity index (χ4n) is 1.23. The molecule has 0 aliphatic rings. The maximum Gasteiger partial charge on any atom is 0.157 e. The zero-order chi connectivity index (χ0) is 9.26. The van der Waals surface area contributed by atoms with Gasteiger partial charge >= 0.3 is 0 Å². The van der Waals surface area contributed by atoms with Crippen molar-refractivity contribution in [3.63, 3.8) is 0 Å². The number of hydrogen-bond donors (Lipinski definition) is 0. The molecule has 0 aliphatic heterocycles. The molecule has 0 fully saturated rings. The van der Waals surface area contributed by atoms with Gasteiger partial charge in [0.05, 0.1) is 0 Å². The number of hydrogen-bond acceptors (Lipinski definition) is 2. The Morgan fingerprint density at radius 1 is 1.54 bits per heavy atom. The molecule has 0 saturated heterocycles. The Kier molecular flexibility index (Phi) is 2.19. The normalized spacial score (nSPS) is 10.9. The summed E-state index contributed by atoms with van der Waals surface area (Å²) in [5, 5.41) is 4.99. The lowest BCUT2D eigenvalue weighted by atomic mass is 10.3. The van der Waals surface area contributed by atoms with Crippen LogP contribution in [0.2, 0.25) is 5.02 Å². The van der Waals surface area contributed by atoms with Gasteiger partial charge in [0.25, 0.3) is 0 Å². The van der Waals surface area contributed by atoms with Crippen molar-refractivity contribution in [2.75, 3.05) is 0 Å². The second-order valence-electron chi connectivity index (χ2n) is 2.93. The van der Waals surface area contributed by atoms with Crippen LogP contribution in [0.4, 0.5) is 0 Å². The van der Waals surface area contributed by atoms with E-state index in [1.807, 2.05) is 12.3 Å². The SMILES string of the molecule is CCCc1nc2cc(Cl)ccn2n1. The first-order chi connectivity index (χ1) is 6.29. The van der Waals surface area contributed by atoms with E-state index in [2.05, 4.69) is 17.0 Å². The van der Waals surface area contributed by atoms with Crippen LogP contribution in [0.3, 0.4) is 0 Å². The summed E-state index contributed by atoms with van der Waals surface area (Å²) in [5.74, 6) is 0.879. The molecular formula is C9H10ClN3. The van der Waals surface area contributed by atoms with Crippen LogP contribution in [0.15, 0.2) is 18.3 Å². The van der Waals surface area contributed by atoms with Crippen molar-refractivity contribution in [1.82, 2.24) is 14.6 Å². The largest absolute Gasteiger partial charge is 0.221 e. The molecular weight excluding hydrogens is 186 g/mol. The predicted molar refractivity (Wildman–Crippen MR) is 52.0 cm³/mol. The van der Waals surface area contributed by atoms with Crippen LogP contribution in [0.5, 0.6) is 0 Å². The second-order valence-corrected chi connectivity index (χ2v) is 3.36. The van der Waals surface area contributed by atoms with Crippen LogP contribution in [0.1, 0.15) is 19.2 Å². The molecule has 0 amide bonds. The number of aromatic nitrogens is 3. The highest BCUT2D eigenvalue weighted by Crippen LogP contribution is 2.10. The summed E-state index contributed by atoms with van der Waals surface area (Å²) in [6.45, 7) is 2.11. The minimum absolute atomic E-state index is 0.697. The van der Waals surface area contributed by atoms with Gasteiger partial charge in [0.1, 0.15) is 0 Å². The molecule has 0 unspecified atom stereocenters. The Balaban J connectivity index is 2.49. The summed E-state index contributed by atoms with van der Waals surface area (Å²) in [7, 11) is 0. The van der Waals surface area contributed by atoms with Crippen LogP contribution >= 0.6 is 11.6 Å². The van der Waals surface area contributed by atoms with E-state index in [0.29, 0.717) is 5.02 Å². The molecule has 13 heavy (non-hydrogen) atoms. The van der Waals surface area contributed by atoms with Crippen LogP contribution in [-0.4, -0.2) is 14.6 Å². The van der Waals surface area contributed by atoms with Gasteiger partial charge < -0.3 is 0 Å². The highest BCUT2D eigenvalue weighted by atomic mass is 35.5. The highest BCUT2D eigenvalue weighted by molar-refractivity contribution is 6.30. The molecule has 0 radical (unpaired) electrons. The topological polar surface area (TPSA) is 30.2 Å². The number of nitrogens with zero attached hydrogens (tertiary/aromatic N) is 3. The van der Waals surface area contributed by atoms with Crippen molar-refractivity contribution in [3.05, 3.63) is 29.2 Å². The van der Waals surface area contributed by atoms with Crippen molar-refractivity contribution in [2.24, 2.45) is 0 Å². The van der Waals surface area contributed by atoms with Crippen LogP contribution in [-0.2, 0) is 6.42 Å². The maximum absolute atomic E-state index is 5.82. The average molecular weight is 196 g/mol. The lowest BCUT2D eigenvalue weighted by Crippen LogP contribution is -1.88. The second kappa shape index (κ2) is 3.34. The molecule has 0 aliphatic carbocycles. The zero-order valence-electron chi connectivity index (χ0n) is 7.37. The fourth-order valence-corrected chi connectivity index (χ4v) is 1.39. The van der Waals surface area contributed by atoms with Gasteiger partial charge in [0, 0.05) is 23.7 Å². The van der Waals surface area contributed by atoms with E-state index >= 15 is 0 Å². The predicted octanol–water partition coefficient (Wildman–Crippen LogP) is 2.34. The van der Waals surface area contributed by atoms with Gasteiger partial charge in [-0.25, -0.2) is 9.50 Å². The first-order valence-corrected chi connectivity index (χ1v) is 4.68. The van der Waals surface area contributed by atoms with Crippen LogP contribution in [0, 0.1) is 0 Å². The summed E-state index contributed by atoms with van der Waals surface area (Å²) < 4.78 is 1.75. The quantitative estimate of drug-likeness (QED) is 0.737. The van der Waals surface area contributed by atoms with E-state index in [1.165, 1.54) is 0 Å². The Bertz CT molecular complexity index is 422. The van der Waals surface area contributed by atoms with Crippen LogP contribution in [0.25, 0.3) is 5.65 Å². The molecule has 2 aromatic heterocycles. The smallest absolute Gasteiger partial charge is 0.157 e. The maximum atomic E-state index is 5.82. The van der Waals surface area contributed by atoms with Crippen molar-refractivity contribution >= 4 is 17.2 Å². The molecule has 2 heterocycles. The molecule has 0 saturated carbocycles. The number of fused-ring (bicyclic) bond motifs is 1. The van der Waals surface area contributed by atoms with Gasteiger partial charge in [-0.1, -0.05) is 18.5 Å². The van der Waals surface area contributed by atoms with Crippen LogP contribution < -0.4 is 0 Å². The molecule has 68 valence electrons. The van der Waals surface area contributed by atoms with E-state index in [-0.39, 0.29) is 0 Å². The summed E-state index contributed by atoms with van der Waals surface area (Å²) in [4.78, 5) is 4.33. The fraction of sp³-hybridized carbons (Fsp3) is 0.333. The van der Waals surface area contributed by atoms with Crippen molar-refractivity contribution < 1.29 is 0 Å². The van der Waals surface area contributed by atoms with Crippen molar-refractivity contribution in [1.29, 1.82) is 0 Å². The molecule has 0 aromatic carbocycles. The van der Waals surface area contributed by atoms with Gasteiger partial charge in [-0.2, -0.15) is 5.10 Å². The van der Waals surface area contributed by atoms with Crippen molar-refractivity contribution in [2.45, 2.75) is 19.8 Å². The number of pyridine rings is 1. The lowest BCUT2D eigenvalue weighted by Gasteiger charge is -1.89. The molecule has 3 nitrogen and oxygen atoms in total. The number of rotatable bonds is 2. The standard InChI is InChI=1S/C9H10ClN3/c1-2-3-8-11-9-6-7(10)4-5-13(9)12-8/h4-6H,2-3H2,1H3. The Morgan fingerprint density at radius 3 is 3.15 bits per heavy atom. The molecule has 0 atom stereocenters. The summed E-state index contributed by atoms with van der Waals surface area (Å²) >= 11 is 5.82. The molecule has 4 heteroatoms. The van der Waals surface area contributed by atoms with Crippen molar-refractivity contribution in [3.8, 4) is 0 Å². The third kappa shape index (κ3) is 1.65. The number of aryl methyl sites for hydroxylation is 1. The van der Waals surface area contributed by atoms with E-state index in [1.54, 1.807) is 10.6 Å². The average Bonchev–Trinajstić information content (AvgIpc) is 2.46. The summed E-state index contributed by atoms with van der Waals surface area (Å²) in [6.07, 6.45) is 3.80. The van der Waals surface area contributed by atoms with Gasteiger partial charge in [0.2, 0.25) is 0 Å². The third-order valence-corrected chi connectivity index (χ3v) is 2.05. The molecule has 0 bridgehead atoms. The lowest BCUT2D eigenvalue weighted by molar-refractivity contribution is 0.819. The van der Waals surface area contributed by atoms with Gasteiger partial charge in [0.15, 0.2) is 11.5 Å². The Morgan fingerprint density at radius 2 is 2.38 bits per heavy atom. The minimum atomic E-state index is 0.697. The van der Waals surface area contributed by atoms with E-state index in [0.717, 1.165) is 24.3 Å². The summed E-state index contributed by atoms with van der Waals surface area (Å²) in [5.41, 5.74) is 0.816. The minimum Gasteiger partial charge on any atom is -0.221 e. The Hall–Kier alpha value is -1.09. The first-order valence-electron chi connectivity index (χ1n) is 4.30. The van der Waals surface area contributed by atoms with E-state index in [4.69, 9.17) is 11.6 Å². The first kappa shape index (κ1) is 8.51. The molecule has 0 spiro atoms. The Labute approximate surface area is 81.4 Å². The van der Waals surface area contributed by atoms with Gasteiger partial charge in [-0.3, -0.25) is 0 Å². The summed E-state index contributed by atoms with van der Waals surface area (Å²) in [6, 6.07) is 3.62. The highest BCUT2D eigenvalue weighted by Gasteiger charge is 2.01. The molecule has 0 N–H and O–H groups in total. The molecule has 2 rings (SSSR count). The van der Waals surface area contributed by atoms with Gasteiger partial charge in [-0.05, 0) is 12.5 Å². The van der Waals surface area contributed by atoms with E-state index in [9.17, 15) is 0 Å². The zero-order valence-corrected chi connectivity index (χ0v) is 8.12. The monoisotopic (exact) mass is 195 g/mol. The number of halogens is 1. The molecule has 2 aromatic rings.